The number of rotatable bonds is 3. The van der Waals surface area contributed by atoms with Crippen molar-refractivity contribution in [2.45, 2.75) is 6.04 Å². The summed E-state index contributed by atoms with van der Waals surface area (Å²) in [5.41, 5.74) is 1.83. The maximum Gasteiger partial charge on any atom is 0.165 e. The number of morpholine rings is 1. The van der Waals surface area contributed by atoms with Gasteiger partial charge in [-0.1, -0.05) is 24.3 Å². The number of ether oxygens (including phenoxy) is 1. The second-order valence-corrected chi connectivity index (χ2v) is 6.34. The van der Waals surface area contributed by atoms with Crippen LogP contribution in [0.1, 0.15) is 17.2 Å². The normalized spacial score (nSPS) is 16.7. The number of aromatic nitrogens is 1. The molecule has 5 nitrogen and oxygen atoms in total. The van der Waals surface area contributed by atoms with Crippen LogP contribution in [0.25, 0.3) is 10.9 Å². The average molecular weight is 354 g/mol. The zero-order chi connectivity index (χ0) is 18.1. The molecular formula is C20H19FN2O3. The monoisotopic (exact) mass is 354 g/mol. The van der Waals surface area contributed by atoms with Gasteiger partial charge in [-0.15, -0.1) is 0 Å². The van der Waals surface area contributed by atoms with Gasteiger partial charge in [-0.05, 0) is 23.8 Å². The van der Waals surface area contributed by atoms with Gasteiger partial charge in [-0.3, -0.25) is 9.88 Å². The Labute approximate surface area is 150 Å². The van der Waals surface area contributed by atoms with E-state index in [9.17, 15) is 14.6 Å². The molecule has 2 heterocycles. The van der Waals surface area contributed by atoms with Crippen LogP contribution in [0.3, 0.4) is 0 Å². The van der Waals surface area contributed by atoms with Crippen molar-refractivity contribution in [1.82, 2.24) is 9.88 Å². The summed E-state index contributed by atoms with van der Waals surface area (Å²) in [5.74, 6) is -0.980. The molecule has 0 amide bonds. The Hall–Kier alpha value is -2.70. The van der Waals surface area contributed by atoms with Crippen molar-refractivity contribution in [1.29, 1.82) is 0 Å². The molecule has 0 radical (unpaired) electrons. The Bertz CT molecular complexity index is 941. The lowest BCUT2D eigenvalue weighted by atomic mass is 9.94. The van der Waals surface area contributed by atoms with Crippen molar-refractivity contribution < 1.29 is 19.3 Å². The fraction of sp³-hybridized carbons (Fsp3) is 0.250. The number of phenols is 2. The quantitative estimate of drug-likeness (QED) is 0.756. The van der Waals surface area contributed by atoms with Crippen molar-refractivity contribution in [2.75, 3.05) is 26.3 Å². The van der Waals surface area contributed by atoms with Crippen LogP contribution in [0.5, 0.6) is 11.5 Å². The first-order valence-corrected chi connectivity index (χ1v) is 8.52. The van der Waals surface area contributed by atoms with Crippen LogP contribution in [0, 0.1) is 5.82 Å². The number of nitrogens with zero attached hydrogens (tertiary/aromatic N) is 2. The van der Waals surface area contributed by atoms with Gasteiger partial charge in [0.2, 0.25) is 0 Å². The van der Waals surface area contributed by atoms with Crippen LogP contribution in [0.2, 0.25) is 0 Å². The van der Waals surface area contributed by atoms with E-state index in [1.165, 1.54) is 12.1 Å². The number of phenolic OH excluding ortho intramolecular Hbond substituents is 2. The van der Waals surface area contributed by atoms with Crippen molar-refractivity contribution in [3.63, 3.8) is 0 Å². The zero-order valence-electron chi connectivity index (χ0n) is 14.1. The summed E-state index contributed by atoms with van der Waals surface area (Å²) in [6.07, 6.45) is 1.63. The van der Waals surface area contributed by atoms with Gasteiger partial charge < -0.3 is 14.9 Å². The fourth-order valence-electron chi connectivity index (χ4n) is 3.48. The van der Waals surface area contributed by atoms with Crippen LogP contribution in [0.4, 0.5) is 4.39 Å². The van der Waals surface area contributed by atoms with Gasteiger partial charge in [0.1, 0.15) is 11.3 Å². The van der Waals surface area contributed by atoms with E-state index in [2.05, 4.69) is 9.88 Å². The SMILES string of the molecule is Oc1ccc(C(c2ccc3cccnc3c2O)N2CCOCC2)cc1F. The van der Waals surface area contributed by atoms with E-state index >= 15 is 0 Å². The minimum Gasteiger partial charge on any atom is -0.505 e. The summed E-state index contributed by atoms with van der Waals surface area (Å²) in [6, 6.07) is 11.4. The summed E-state index contributed by atoms with van der Waals surface area (Å²) < 4.78 is 19.4. The second-order valence-electron chi connectivity index (χ2n) is 6.34. The second kappa shape index (κ2) is 6.90. The number of aromatic hydroxyl groups is 2. The first-order valence-electron chi connectivity index (χ1n) is 8.52. The Morgan fingerprint density at radius 1 is 1.08 bits per heavy atom. The average Bonchev–Trinajstić information content (AvgIpc) is 2.68. The lowest BCUT2D eigenvalue weighted by molar-refractivity contribution is 0.0235. The summed E-state index contributed by atoms with van der Waals surface area (Å²) in [6.45, 7) is 2.47. The highest BCUT2D eigenvalue weighted by Gasteiger charge is 2.28. The summed E-state index contributed by atoms with van der Waals surface area (Å²) in [7, 11) is 0. The molecule has 2 N–H and O–H groups in total. The number of pyridine rings is 1. The van der Waals surface area contributed by atoms with Crippen molar-refractivity contribution in [3.05, 3.63) is 65.6 Å². The van der Waals surface area contributed by atoms with Crippen molar-refractivity contribution in [3.8, 4) is 11.5 Å². The maximum atomic E-state index is 14.0. The van der Waals surface area contributed by atoms with Crippen molar-refractivity contribution in [2.24, 2.45) is 0 Å². The number of hydrogen-bond acceptors (Lipinski definition) is 5. The molecule has 1 saturated heterocycles. The van der Waals surface area contributed by atoms with E-state index in [1.54, 1.807) is 12.3 Å². The lowest BCUT2D eigenvalue weighted by Crippen LogP contribution is -2.39. The molecule has 26 heavy (non-hydrogen) atoms. The molecule has 2 aromatic carbocycles. The Balaban J connectivity index is 1.87. The number of halogens is 1. The third-order valence-electron chi connectivity index (χ3n) is 4.77. The topological polar surface area (TPSA) is 65.8 Å². The highest BCUT2D eigenvalue weighted by atomic mass is 19.1. The third kappa shape index (κ3) is 2.98. The highest BCUT2D eigenvalue weighted by molar-refractivity contribution is 5.85. The molecular weight excluding hydrogens is 335 g/mol. The molecule has 0 saturated carbocycles. The van der Waals surface area contributed by atoms with Gasteiger partial charge in [0, 0.05) is 30.2 Å². The minimum atomic E-state index is -0.681. The molecule has 1 aliphatic heterocycles. The summed E-state index contributed by atoms with van der Waals surface area (Å²) >= 11 is 0. The Kier molecular flexibility index (Phi) is 4.44. The third-order valence-corrected chi connectivity index (χ3v) is 4.77. The molecule has 6 heteroatoms. The van der Waals surface area contributed by atoms with Crippen LogP contribution in [-0.4, -0.2) is 46.4 Å². The molecule has 1 unspecified atom stereocenters. The molecule has 4 rings (SSSR count). The van der Waals surface area contributed by atoms with Crippen LogP contribution >= 0.6 is 0 Å². The van der Waals surface area contributed by atoms with Crippen LogP contribution < -0.4 is 0 Å². The van der Waals surface area contributed by atoms with Gasteiger partial charge in [0.15, 0.2) is 11.6 Å². The number of benzene rings is 2. The van der Waals surface area contributed by atoms with Gasteiger partial charge >= 0.3 is 0 Å². The molecule has 3 aromatic rings. The van der Waals surface area contributed by atoms with E-state index in [-0.39, 0.29) is 17.5 Å². The molecule has 0 spiro atoms. The number of fused-ring (bicyclic) bond motifs is 1. The van der Waals surface area contributed by atoms with Gasteiger partial charge in [-0.2, -0.15) is 0 Å². The minimum absolute atomic E-state index is 0.0908. The van der Waals surface area contributed by atoms with E-state index in [0.29, 0.717) is 42.9 Å². The molecule has 1 aliphatic rings. The summed E-state index contributed by atoms with van der Waals surface area (Å²) in [5, 5.41) is 21.2. The standard InChI is InChI=1S/C20H19FN2O3/c21-16-12-14(4-6-17(16)24)19(23-8-10-26-11-9-23)15-5-3-13-2-1-7-22-18(13)20(15)25/h1-7,12,19,24-25H,8-11H2. The first-order chi connectivity index (χ1) is 12.6. The van der Waals surface area contributed by atoms with Gasteiger partial charge in [0.25, 0.3) is 0 Å². The molecule has 134 valence electrons. The Morgan fingerprint density at radius 3 is 2.65 bits per heavy atom. The maximum absolute atomic E-state index is 14.0. The van der Waals surface area contributed by atoms with Gasteiger partial charge in [0.05, 0.1) is 19.3 Å². The largest absolute Gasteiger partial charge is 0.505 e. The van der Waals surface area contributed by atoms with Crippen LogP contribution in [-0.2, 0) is 4.74 Å². The molecule has 0 aliphatic carbocycles. The lowest BCUT2D eigenvalue weighted by Gasteiger charge is -2.35. The van der Waals surface area contributed by atoms with E-state index in [1.807, 2.05) is 24.3 Å². The smallest absolute Gasteiger partial charge is 0.165 e. The van der Waals surface area contributed by atoms with Gasteiger partial charge in [-0.25, -0.2) is 4.39 Å². The first kappa shape index (κ1) is 16.8. The molecule has 0 bridgehead atoms. The zero-order valence-corrected chi connectivity index (χ0v) is 14.1. The predicted octanol–water partition coefficient (Wildman–Crippen LogP) is 3.21. The number of hydrogen-bond donors (Lipinski definition) is 2. The summed E-state index contributed by atoms with van der Waals surface area (Å²) in [4.78, 5) is 6.43. The predicted molar refractivity (Wildman–Crippen MR) is 95.7 cm³/mol. The van der Waals surface area contributed by atoms with Crippen LogP contribution in [0.15, 0.2) is 48.7 Å². The Morgan fingerprint density at radius 2 is 1.88 bits per heavy atom. The fourth-order valence-corrected chi connectivity index (χ4v) is 3.48. The molecule has 1 fully saturated rings. The van der Waals surface area contributed by atoms with E-state index < -0.39 is 5.82 Å². The van der Waals surface area contributed by atoms with Crippen molar-refractivity contribution >= 4 is 10.9 Å². The molecule has 1 aromatic heterocycles. The van der Waals surface area contributed by atoms with E-state index in [4.69, 9.17) is 4.74 Å². The highest BCUT2D eigenvalue weighted by Crippen LogP contribution is 2.38. The molecule has 1 atom stereocenters. The van der Waals surface area contributed by atoms with E-state index in [0.717, 1.165) is 5.39 Å².